The van der Waals surface area contributed by atoms with Crippen LogP contribution in [-0.2, 0) is 4.74 Å². The fraction of sp³-hybridized carbons (Fsp3) is 0.500. The predicted octanol–water partition coefficient (Wildman–Crippen LogP) is 2.03. The number of hydrogen-bond acceptors (Lipinski definition) is 3. The van der Waals surface area contributed by atoms with Gasteiger partial charge in [0.05, 0.1) is 12.2 Å². The van der Waals surface area contributed by atoms with Crippen LogP contribution in [0.3, 0.4) is 0 Å². The molecule has 0 aliphatic carbocycles. The third-order valence-electron chi connectivity index (χ3n) is 3.47. The fourth-order valence-corrected chi connectivity index (χ4v) is 2.53. The maximum atomic E-state index is 12.3. The second-order valence-electron chi connectivity index (χ2n) is 5.87. The zero-order chi connectivity index (χ0) is 16.3. The van der Waals surface area contributed by atoms with Crippen molar-refractivity contribution in [3.63, 3.8) is 0 Å². The minimum atomic E-state index is -0.170. The molecule has 3 amide bonds. The zero-order valence-corrected chi connectivity index (χ0v) is 13.5. The van der Waals surface area contributed by atoms with Gasteiger partial charge in [-0.3, -0.25) is 4.79 Å². The summed E-state index contributed by atoms with van der Waals surface area (Å²) in [4.78, 5) is 27.5. The molecule has 0 radical (unpaired) electrons. The highest BCUT2D eigenvalue weighted by atomic mass is 16.5. The minimum absolute atomic E-state index is 0.0242. The molecule has 1 saturated heterocycles. The Balaban J connectivity index is 2.05. The van der Waals surface area contributed by atoms with Crippen molar-refractivity contribution >= 4 is 17.6 Å². The van der Waals surface area contributed by atoms with E-state index in [1.807, 2.05) is 13.8 Å². The quantitative estimate of drug-likeness (QED) is 0.909. The van der Waals surface area contributed by atoms with E-state index in [2.05, 4.69) is 5.32 Å². The Labute approximate surface area is 131 Å². The maximum Gasteiger partial charge on any atom is 0.322 e. The normalized spacial score (nSPS) is 21.4. The van der Waals surface area contributed by atoms with E-state index in [1.54, 1.807) is 43.3 Å². The smallest absolute Gasteiger partial charge is 0.322 e. The number of rotatable bonds is 2. The van der Waals surface area contributed by atoms with Gasteiger partial charge in [0.2, 0.25) is 0 Å². The number of nitrogens with zero attached hydrogens (tertiary/aromatic N) is 2. The van der Waals surface area contributed by atoms with Gasteiger partial charge in [0.25, 0.3) is 5.91 Å². The van der Waals surface area contributed by atoms with E-state index in [4.69, 9.17) is 4.74 Å². The molecular weight excluding hydrogens is 282 g/mol. The summed E-state index contributed by atoms with van der Waals surface area (Å²) in [6, 6.07) is 6.79. The molecule has 6 nitrogen and oxygen atoms in total. The first kappa shape index (κ1) is 16.3. The Hall–Kier alpha value is -2.08. The van der Waals surface area contributed by atoms with Crippen LogP contribution in [0.5, 0.6) is 0 Å². The molecule has 1 fully saturated rings. The second-order valence-corrected chi connectivity index (χ2v) is 5.87. The number of anilines is 1. The van der Waals surface area contributed by atoms with E-state index < -0.39 is 0 Å². The summed E-state index contributed by atoms with van der Waals surface area (Å²) in [6.07, 6.45) is 0.0484. The highest BCUT2D eigenvalue weighted by Gasteiger charge is 2.25. The molecule has 1 aliphatic heterocycles. The Kier molecular flexibility index (Phi) is 5.03. The molecule has 2 atom stereocenters. The van der Waals surface area contributed by atoms with Crippen LogP contribution < -0.4 is 5.32 Å². The summed E-state index contributed by atoms with van der Waals surface area (Å²) in [7, 11) is 3.40. The lowest BCUT2D eigenvalue weighted by atomic mass is 10.2. The van der Waals surface area contributed by atoms with Crippen molar-refractivity contribution in [2.24, 2.45) is 0 Å². The standard InChI is InChI=1S/C16H23N3O3/c1-11-9-19(10-12(2)22-11)16(21)17-14-7-5-6-13(8-14)15(20)18(3)4/h5-8,11-12H,9-10H2,1-4H3,(H,17,21). The number of benzene rings is 1. The molecule has 0 spiro atoms. The van der Waals surface area contributed by atoms with Crippen LogP contribution in [-0.4, -0.2) is 61.1 Å². The molecule has 1 N–H and O–H groups in total. The molecule has 0 bridgehead atoms. The fourth-order valence-electron chi connectivity index (χ4n) is 2.53. The summed E-state index contributed by atoms with van der Waals surface area (Å²) < 4.78 is 5.62. The molecule has 0 aromatic heterocycles. The third kappa shape index (κ3) is 3.98. The van der Waals surface area contributed by atoms with Gasteiger partial charge in [-0.2, -0.15) is 0 Å². The summed E-state index contributed by atoms with van der Waals surface area (Å²) in [6.45, 7) is 5.03. The Morgan fingerprint density at radius 2 is 1.86 bits per heavy atom. The topological polar surface area (TPSA) is 61.9 Å². The van der Waals surface area contributed by atoms with E-state index in [1.165, 1.54) is 4.90 Å². The van der Waals surface area contributed by atoms with Crippen molar-refractivity contribution in [2.45, 2.75) is 26.1 Å². The molecule has 120 valence electrons. The van der Waals surface area contributed by atoms with Crippen molar-refractivity contribution in [3.05, 3.63) is 29.8 Å². The number of morpholine rings is 1. The maximum absolute atomic E-state index is 12.3. The van der Waals surface area contributed by atoms with Crippen LogP contribution >= 0.6 is 0 Å². The lowest BCUT2D eigenvalue weighted by Gasteiger charge is -2.35. The molecule has 1 aliphatic rings. The number of carbonyl (C=O) groups is 2. The van der Waals surface area contributed by atoms with E-state index in [0.717, 1.165) is 0 Å². The van der Waals surface area contributed by atoms with Gasteiger partial charge in [-0.05, 0) is 32.0 Å². The highest BCUT2D eigenvalue weighted by molar-refractivity contribution is 5.96. The summed E-state index contributed by atoms with van der Waals surface area (Å²) in [5.74, 6) is -0.0929. The lowest BCUT2D eigenvalue weighted by molar-refractivity contribution is -0.0530. The van der Waals surface area contributed by atoms with Crippen molar-refractivity contribution in [1.82, 2.24) is 9.80 Å². The van der Waals surface area contributed by atoms with Crippen molar-refractivity contribution in [2.75, 3.05) is 32.5 Å². The van der Waals surface area contributed by atoms with Gasteiger partial charge >= 0.3 is 6.03 Å². The van der Waals surface area contributed by atoms with Crippen LogP contribution in [0.15, 0.2) is 24.3 Å². The minimum Gasteiger partial charge on any atom is -0.372 e. The van der Waals surface area contributed by atoms with Crippen LogP contribution in [0.1, 0.15) is 24.2 Å². The van der Waals surface area contributed by atoms with Crippen LogP contribution in [0.2, 0.25) is 0 Å². The van der Waals surface area contributed by atoms with Gasteiger partial charge in [0.15, 0.2) is 0 Å². The van der Waals surface area contributed by atoms with Gasteiger partial charge < -0.3 is 19.9 Å². The van der Waals surface area contributed by atoms with E-state index in [0.29, 0.717) is 24.3 Å². The van der Waals surface area contributed by atoms with Crippen molar-refractivity contribution in [1.29, 1.82) is 0 Å². The molecule has 1 aromatic carbocycles. The average molecular weight is 305 g/mol. The van der Waals surface area contributed by atoms with Crippen LogP contribution in [0.4, 0.5) is 10.5 Å². The first-order valence-corrected chi connectivity index (χ1v) is 7.40. The first-order valence-electron chi connectivity index (χ1n) is 7.40. The third-order valence-corrected chi connectivity index (χ3v) is 3.47. The Bertz CT molecular complexity index is 549. The monoisotopic (exact) mass is 305 g/mol. The summed E-state index contributed by atoms with van der Waals surface area (Å²) in [5, 5.41) is 2.85. The number of amides is 3. The SMILES string of the molecule is CC1CN(C(=O)Nc2cccc(C(=O)N(C)C)c2)CC(C)O1. The van der Waals surface area contributed by atoms with E-state index in [9.17, 15) is 9.59 Å². The van der Waals surface area contributed by atoms with Gasteiger partial charge in [-0.15, -0.1) is 0 Å². The number of nitrogens with one attached hydrogen (secondary N) is 1. The average Bonchev–Trinajstić information content (AvgIpc) is 2.45. The molecule has 2 rings (SSSR count). The Morgan fingerprint density at radius 3 is 2.45 bits per heavy atom. The lowest BCUT2D eigenvalue weighted by Crippen LogP contribution is -2.49. The van der Waals surface area contributed by atoms with Crippen molar-refractivity contribution < 1.29 is 14.3 Å². The molecular formula is C16H23N3O3. The number of ether oxygens (including phenoxy) is 1. The van der Waals surface area contributed by atoms with Crippen LogP contribution in [0, 0.1) is 0 Å². The summed E-state index contributed by atoms with van der Waals surface area (Å²) in [5.41, 5.74) is 1.16. The number of carbonyl (C=O) groups excluding carboxylic acids is 2. The second kappa shape index (κ2) is 6.79. The highest BCUT2D eigenvalue weighted by Crippen LogP contribution is 2.15. The van der Waals surface area contributed by atoms with Gasteiger partial charge in [0, 0.05) is 38.4 Å². The van der Waals surface area contributed by atoms with E-state index in [-0.39, 0.29) is 24.1 Å². The van der Waals surface area contributed by atoms with Crippen molar-refractivity contribution in [3.8, 4) is 0 Å². The predicted molar refractivity (Wildman–Crippen MR) is 85.1 cm³/mol. The molecule has 0 saturated carbocycles. The van der Waals surface area contributed by atoms with Gasteiger partial charge in [-0.1, -0.05) is 6.07 Å². The number of hydrogen-bond donors (Lipinski definition) is 1. The van der Waals surface area contributed by atoms with Gasteiger partial charge in [0.1, 0.15) is 0 Å². The molecule has 1 aromatic rings. The van der Waals surface area contributed by atoms with E-state index >= 15 is 0 Å². The number of urea groups is 1. The Morgan fingerprint density at radius 1 is 1.23 bits per heavy atom. The van der Waals surface area contributed by atoms with Gasteiger partial charge in [-0.25, -0.2) is 4.79 Å². The first-order chi connectivity index (χ1) is 10.4. The molecule has 6 heteroatoms. The molecule has 1 heterocycles. The zero-order valence-electron chi connectivity index (χ0n) is 13.5. The summed E-state index contributed by atoms with van der Waals surface area (Å²) >= 11 is 0. The molecule has 22 heavy (non-hydrogen) atoms. The molecule has 2 unspecified atom stereocenters. The largest absolute Gasteiger partial charge is 0.372 e. The van der Waals surface area contributed by atoms with Crippen LogP contribution in [0.25, 0.3) is 0 Å².